The largest absolute Gasteiger partial charge is 0.391 e. The van der Waals surface area contributed by atoms with Gasteiger partial charge in [-0.3, -0.25) is 9.69 Å². The first kappa shape index (κ1) is 9.59. The molecule has 3 heteroatoms. The number of carbonyl (C=O) groups excluding carboxylic acids is 1. The lowest BCUT2D eigenvalue weighted by molar-refractivity contribution is -0.124. The third-order valence-corrected chi connectivity index (χ3v) is 1.43. The van der Waals surface area contributed by atoms with Crippen LogP contribution in [0.5, 0.6) is 0 Å². The van der Waals surface area contributed by atoms with Gasteiger partial charge < -0.3 is 5.11 Å². The minimum atomic E-state index is -0.590. The monoisotopic (exact) mass is 145 g/mol. The zero-order chi connectivity index (χ0) is 8.31. The predicted octanol–water partition coefficient (Wildman–Crippen LogP) is -0.114. The van der Waals surface area contributed by atoms with Crippen LogP contribution in [0.3, 0.4) is 0 Å². The average molecular weight is 145 g/mol. The summed E-state index contributed by atoms with van der Waals surface area (Å²) in [6, 6.07) is -0.361. The Morgan fingerprint density at radius 2 is 1.90 bits per heavy atom. The number of likely N-dealkylation sites (N-methyl/N-ethyl adjacent to an activating group) is 1. The number of rotatable bonds is 3. The fourth-order valence-corrected chi connectivity index (χ4v) is 1.13. The first-order chi connectivity index (χ1) is 4.46. The Kier molecular flexibility index (Phi) is 3.53. The molecule has 60 valence electrons. The second-order valence-corrected chi connectivity index (χ2v) is 2.76. The van der Waals surface area contributed by atoms with Crippen molar-refractivity contribution in [3.8, 4) is 0 Å². The summed E-state index contributed by atoms with van der Waals surface area (Å²) in [5, 5.41) is 9.09. The van der Waals surface area contributed by atoms with E-state index in [9.17, 15) is 4.79 Å². The van der Waals surface area contributed by atoms with Gasteiger partial charge in [-0.25, -0.2) is 0 Å². The third kappa shape index (κ3) is 2.45. The normalized spacial score (nSPS) is 17.0. The van der Waals surface area contributed by atoms with E-state index < -0.39 is 6.10 Å². The van der Waals surface area contributed by atoms with Crippen molar-refractivity contribution < 1.29 is 9.90 Å². The topological polar surface area (TPSA) is 40.5 Å². The number of nitrogens with zero attached hydrogens (tertiary/aromatic N) is 1. The molecule has 0 radical (unpaired) electrons. The number of hydrogen-bond acceptors (Lipinski definition) is 3. The van der Waals surface area contributed by atoms with Crippen molar-refractivity contribution >= 4 is 5.78 Å². The molecule has 0 bridgehead atoms. The van der Waals surface area contributed by atoms with Crippen LogP contribution >= 0.6 is 0 Å². The smallest absolute Gasteiger partial charge is 0.149 e. The Morgan fingerprint density at radius 3 is 1.90 bits per heavy atom. The van der Waals surface area contributed by atoms with Gasteiger partial charge in [0.1, 0.15) is 5.78 Å². The molecule has 0 aliphatic heterocycles. The highest BCUT2D eigenvalue weighted by molar-refractivity contribution is 5.81. The molecule has 0 amide bonds. The fraction of sp³-hybridized carbons (Fsp3) is 0.857. The summed E-state index contributed by atoms with van der Waals surface area (Å²) in [5.74, 6) is 0.000000000000000666. The molecule has 1 unspecified atom stereocenters. The molecule has 0 fully saturated rings. The van der Waals surface area contributed by atoms with Gasteiger partial charge >= 0.3 is 0 Å². The lowest BCUT2D eigenvalue weighted by atomic mass is 10.1. The Labute approximate surface area is 61.6 Å². The van der Waals surface area contributed by atoms with Gasteiger partial charge in [0.05, 0.1) is 12.1 Å². The van der Waals surface area contributed by atoms with Gasteiger partial charge in [0.15, 0.2) is 0 Å². The van der Waals surface area contributed by atoms with E-state index in [2.05, 4.69) is 0 Å². The molecule has 0 aromatic heterocycles. The number of aliphatic hydroxyl groups is 1. The van der Waals surface area contributed by atoms with Gasteiger partial charge in [-0.15, -0.1) is 0 Å². The second kappa shape index (κ2) is 3.68. The Balaban J connectivity index is 4.12. The summed E-state index contributed by atoms with van der Waals surface area (Å²) in [5.41, 5.74) is 0. The molecule has 0 spiro atoms. The first-order valence-corrected chi connectivity index (χ1v) is 3.31. The van der Waals surface area contributed by atoms with E-state index in [-0.39, 0.29) is 11.8 Å². The zero-order valence-electron chi connectivity index (χ0n) is 6.96. The van der Waals surface area contributed by atoms with E-state index in [1.807, 2.05) is 0 Å². The standard InChI is InChI=1S/C7H15NO2/c1-5(9)7(6(2)10)8(3)4/h5,7,9H,1-4H3/t5-,7?/m1/s1. The minimum absolute atomic E-state index is 0.000000000000000666. The van der Waals surface area contributed by atoms with Gasteiger partial charge in [-0.05, 0) is 27.9 Å². The lowest BCUT2D eigenvalue weighted by Gasteiger charge is -2.23. The van der Waals surface area contributed by atoms with E-state index in [1.165, 1.54) is 6.92 Å². The maximum absolute atomic E-state index is 10.8. The molecule has 0 rings (SSSR count). The number of carbonyl (C=O) groups is 1. The van der Waals surface area contributed by atoms with Crippen molar-refractivity contribution in [2.75, 3.05) is 14.1 Å². The van der Waals surface area contributed by atoms with Crippen LogP contribution in [0.1, 0.15) is 13.8 Å². The highest BCUT2D eigenvalue weighted by atomic mass is 16.3. The molecule has 0 aliphatic carbocycles. The van der Waals surface area contributed by atoms with Crippen LogP contribution in [-0.4, -0.2) is 42.0 Å². The van der Waals surface area contributed by atoms with Crippen LogP contribution in [0.2, 0.25) is 0 Å². The minimum Gasteiger partial charge on any atom is -0.391 e. The van der Waals surface area contributed by atoms with Crippen LogP contribution in [0, 0.1) is 0 Å². The van der Waals surface area contributed by atoms with Gasteiger partial charge in [0, 0.05) is 0 Å². The molecule has 3 nitrogen and oxygen atoms in total. The highest BCUT2D eigenvalue weighted by Gasteiger charge is 2.21. The third-order valence-electron chi connectivity index (χ3n) is 1.43. The molecule has 0 aromatic carbocycles. The van der Waals surface area contributed by atoms with Crippen LogP contribution < -0.4 is 0 Å². The molecule has 0 aromatic rings. The van der Waals surface area contributed by atoms with E-state index >= 15 is 0 Å². The maximum Gasteiger partial charge on any atom is 0.149 e. The summed E-state index contributed by atoms with van der Waals surface area (Å²) in [6.07, 6.45) is -0.590. The molecular weight excluding hydrogens is 130 g/mol. The quantitative estimate of drug-likeness (QED) is 0.602. The molecule has 0 aliphatic rings. The van der Waals surface area contributed by atoms with Crippen molar-refractivity contribution in [3.63, 3.8) is 0 Å². The maximum atomic E-state index is 10.8. The van der Waals surface area contributed by atoms with Crippen molar-refractivity contribution in [3.05, 3.63) is 0 Å². The Morgan fingerprint density at radius 1 is 1.50 bits per heavy atom. The summed E-state index contributed by atoms with van der Waals surface area (Å²) in [7, 11) is 3.55. The van der Waals surface area contributed by atoms with Crippen molar-refractivity contribution in [1.82, 2.24) is 4.90 Å². The van der Waals surface area contributed by atoms with Crippen LogP contribution in [0.25, 0.3) is 0 Å². The number of aliphatic hydroxyl groups excluding tert-OH is 1. The molecule has 0 heterocycles. The molecule has 0 saturated carbocycles. The SMILES string of the molecule is CC(=O)C([C@@H](C)O)N(C)C. The highest BCUT2D eigenvalue weighted by Crippen LogP contribution is 2.00. The summed E-state index contributed by atoms with van der Waals surface area (Å²) in [6.45, 7) is 3.10. The molecule has 1 N–H and O–H groups in total. The van der Waals surface area contributed by atoms with E-state index in [0.29, 0.717) is 0 Å². The predicted molar refractivity (Wildman–Crippen MR) is 39.8 cm³/mol. The Hall–Kier alpha value is -0.410. The summed E-state index contributed by atoms with van der Waals surface area (Å²) in [4.78, 5) is 12.5. The van der Waals surface area contributed by atoms with Gasteiger partial charge in [0.2, 0.25) is 0 Å². The van der Waals surface area contributed by atoms with Crippen molar-refractivity contribution in [1.29, 1.82) is 0 Å². The zero-order valence-corrected chi connectivity index (χ0v) is 6.96. The lowest BCUT2D eigenvalue weighted by Crippen LogP contribution is -2.42. The molecule has 2 atom stereocenters. The summed E-state index contributed by atoms with van der Waals surface area (Å²) >= 11 is 0. The van der Waals surface area contributed by atoms with Crippen LogP contribution in [0.15, 0.2) is 0 Å². The van der Waals surface area contributed by atoms with Crippen molar-refractivity contribution in [2.24, 2.45) is 0 Å². The molecule has 10 heavy (non-hydrogen) atoms. The Bertz CT molecular complexity index is 113. The number of hydrogen-bond donors (Lipinski definition) is 1. The van der Waals surface area contributed by atoms with Crippen LogP contribution in [0.4, 0.5) is 0 Å². The van der Waals surface area contributed by atoms with Gasteiger partial charge in [-0.2, -0.15) is 0 Å². The van der Waals surface area contributed by atoms with Gasteiger partial charge in [0.25, 0.3) is 0 Å². The van der Waals surface area contributed by atoms with E-state index in [1.54, 1.807) is 25.9 Å². The molecule has 0 saturated heterocycles. The average Bonchev–Trinajstić information content (AvgIpc) is 1.59. The second-order valence-electron chi connectivity index (χ2n) is 2.76. The summed E-state index contributed by atoms with van der Waals surface area (Å²) < 4.78 is 0. The van der Waals surface area contributed by atoms with Crippen molar-refractivity contribution in [2.45, 2.75) is 26.0 Å². The first-order valence-electron chi connectivity index (χ1n) is 3.31. The van der Waals surface area contributed by atoms with E-state index in [4.69, 9.17) is 5.11 Å². The molecular formula is C7H15NO2. The van der Waals surface area contributed by atoms with Crippen LogP contribution in [-0.2, 0) is 4.79 Å². The van der Waals surface area contributed by atoms with Gasteiger partial charge in [-0.1, -0.05) is 0 Å². The number of ketones is 1. The van der Waals surface area contributed by atoms with E-state index in [0.717, 1.165) is 0 Å². The fourth-order valence-electron chi connectivity index (χ4n) is 1.13. The number of Topliss-reactive ketones (excluding diaryl/α,β-unsaturated/α-hetero) is 1.